The average Bonchev–Trinajstić information content (AvgIpc) is 2.26. The van der Waals surface area contributed by atoms with E-state index in [0.717, 1.165) is 5.56 Å². The van der Waals surface area contributed by atoms with Gasteiger partial charge in [0.15, 0.2) is 11.5 Å². The fraction of sp³-hybridized carbons (Fsp3) is 0.300. The number of halogens is 1. The van der Waals surface area contributed by atoms with Crippen molar-refractivity contribution in [2.75, 3.05) is 21.3 Å². The topological polar surface area (TPSA) is 30.8 Å². The van der Waals surface area contributed by atoms with Crippen LogP contribution < -0.4 is 9.47 Å². The summed E-state index contributed by atoms with van der Waals surface area (Å²) >= 11 is 5.87. The van der Waals surface area contributed by atoms with Crippen LogP contribution in [-0.2, 0) is 0 Å². The highest BCUT2D eigenvalue weighted by Gasteiger charge is 2.06. The first-order valence-electron chi connectivity index (χ1n) is 4.07. The molecular weight excluding hydrogens is 202 g/mol. The standard InChI is InChI=1S/C10H12ClNO2/c1-12-10(11)7-4-5-8(13-2)9(6-7)14-3/h4-6H,1-3H3/b12-10-. The molecule has 0 saturated carbocycles. The van der Waals surface area contributed by atoms with Crippen LogP contribution in [-0.4, -0.2) is 26.4 Å². The summed E-state index contributed by atoms with van der Waals surface area (Å²) in [5.41, 5.74) is 0.812. The molecule has 0 aliphatic rings. The number of hydrogen-bond donors (Lipinski definition) is 0. The van der Waals surface area contributed by atoms with E-state index in [1.54, 1.807) is 33.4 Å². The zero-order valence-corrected chi connectivity index (χ0v) is 9.13. The Kier molecular flexibility index (Phi) is 3.77. The predicted octanol–water partition coefficient (Wildman–Crippen LogP) is 2.32. The van der Waals surface area contributed by atoms with Gasteiger partial charge in [0, 0.05) is 12.6 Å². The molecule has 1 rings (SSSR count). The van der Waals surface area contributed by atoms with Gasteiger partial charge in [-0.25, -0.2) is 0 Å². The molecule has 0 heterocycles. The van der Waals surface area contributed by atoms with E-state index in [0.29, 0.717) is 16.7 Å². The number of nitrogens with zero attached hydrogens (tertiary/aromatic N) is 1. The Labute approximate surface area is 88.3 Å². The van der Waals surface area contributed by atoms with E-state index in [2.05, 4.69) is 4.99 Å². The molecule has 0 bridgehead atoms. The predicted molar refractivity (Wildman–Crippen MR) is 57.9 cm³/mol. The van der Waals surface area contributed by atoms with E-state index in [1.807, 2.05) is 6.07 Å². The minimum absolute atomic E-state index is 0.450. The second-order valence-corrected chi connectivity index (χ2v) is 2.94. The highest BCUT2D eigenvalue weighted by Crippen LogP contribution is 2.28. The molecule has 0 spiro atoms. The van der Waals surface area contributed by atoms with Crippen molar-refractivity contribution in [1.29, 1.82) is 0 Å². The Morgan fingerprint density at radius 2 is 1.86 bits per heavy atom. The van der Waals surface area contributed by atoms with Crippen molar-refractivity contribution < 1.29 is 9.47 Å². The van der Waals surface area contributed by atoms with Gasteiger partial charge in [-0.2, -0.15) is 0 Å². The average molecular weight is 214 g/mol. The van der Waals surface area contributed by atoms with Crippen molar-refractivity contribution in [3.8, 4) is 11.5 Å². The molecule has 0 aliphatic heterocycles. The molecule has 4 heteroatoms. The monoisotopic (exact) mass is 213 g/mol. The van der Waals surface area contributed by atoms with Crippen molar-refractivity contribution in [1.82, 2.24) is 0 Å². The first-order valence-corrected chi connectivity index (χ1v) is 4.45. The summed E-state index contributed by atoms with van der Waals surface area (Å²) in [6.07, 6.45) is 0. The van der Waals surface area contributed by atoms with Crippen molar-refractivity contribution in [3.63, 3.8) is 0 Å². The van der Waals surface area contributed by atoms with E-state index in [1.165, 1.54) is 0 Å². The third-order valence-corrected chi connectivity index (χ3v) is 2.21. The summed E-state index contributed by atoms with van der Waals surface area (Å²) in [7, 11) is 4.81. The molecule has 0 aliphatic carbocycles. The van der Waals surface area contributed by atoms with Crippen molar-refractivity contribution in [3.05, 3.63) is 23.8 Å². The Balaban J connectivity index is 3.14. The molecule has 76 valence electrons. The Bertz CT molecular complexity index is 350. The van der Waals surface area contributed by atoms with Crippen LogP contribution in [0.4, 0.5) is 0 Å². The lowest BCUT2D eigenvalue weighted by Gasteiger charge is -2.08. The molecule has 0 unspecified atom stereocenters. The van der Waals surface area contributed by atoms with Crippen LogP contribution in [0.1, 0.15) is 5.56 Å². The first kappa shape index (κ1) is 10.9. The summed E-state index contributed by atoms with van der Waals surface area (Å²) in [4.78, 5) is 3.88. The van der Waals surface area contributed by atoms with Crippen LogP contribution in [0.15, 0.2) is 23.2 Å². The van der Waals surface area contributed by atoms with Gasteiger partial charge in [-0.1, -0.05) is 11.6 Å². The lowest BCUT2D eigenvalue weighted by molar-refractivity contribution is 0.355. The maximum Gasteiger partial charge on any atom is 0.161 e. The van der Waals surface area contributed by atoms with Crippen molar-refractivity contribution >= 4 is 16.8 Å². The van der Waals surface area contributed by atoms with Crippen LogP contribution in [0.3, 0.4) is 0 Å². The molecule has 0 radical (unpaired) electrons. The van der Waals surface area contributed by atoms with Crippen molar-refractivity contribution in [2.45, 2.75) is 0 Å². The van der Waals surface area contributed by atoms with E-state index in [-0.39, 0.29) is 0 Å². The van der Waals surface area contributed by atoms with Crippen LogP contribution in [0.5, 0.6) is 11.5 Å². The molecule has 1 aromatic rings. The molecule has 0 aromatic heterocycles. The van der Waals surface area contributed by atoms with Gasteiger partial charge in [0.2, 0.25) is 0 Å². The Morgan fingerprint density at radius 1 is 1.21 bits per heavy atom. The molecule has 1 aromatic carbocycles. The van der Waals surface area contributed by atoms with Crippen LogP contribution in [0, 0.1) is 0 Å². The van der Waals surface area contributed by atoms with Crippen LogP contribution in [0.25, 0.3) is 0 Å². The third kappa shape index (κ3) is 2.17. The normalized spacial score (nSPS) is 11.3. The largest absolute Gasteiger partial charge is 0.493 e. The quantitative estimate of drug-likeness (QED) is 0.722. The van der Waals surface area contributed by atoms with Gasteiger partial charge in [0.05, 0.1) is 14.2 Å². The minimum Gasteiger partial charge on any atom is -0.493 e. The van der Waals surface area contributed by atoms with E-state index in [9.17, 15) is 0 Å². The summed E-state index contributed by atoms with van der Waals surface area (Å²) < 4.78 is 10.2. The van der Waals surface area contributed by atoms with Gasteiger partial charge in [0.1, 0.15) is 5.17 Å². The van der Waals surface area contributed by atoms with Gasteiger partial charge >= 0.3 is 0 Å². The number of aliphatic imine (C=N–C) groups is 1. The lowest BCUT2D eigenvalue weighted by Crippen LogP contribution is -1.95. The van der Waals surface area contributed by atoms with E-state index >= 15 is 0 Å². The van der Waals surface area contributed by atoms with Gasteiger partial charge in [-0.15, -0.1) is 0 Å². The molecule has 0 fully saturated rings. The third-order valence-electron chi connectivity index (χ3n) is 1.82. The molecule has 0 atom stereocenters. The van der Waals surface area contributed by atoms with E-state index < -0.39 is 0 Å². The smallest absolute Gasteiger partial charge is 0.161 e. The van der Waals surface area contributed by atoms with Gasteiger partial charge in [-0.05, 0) is 18.2 Å². The maximum absolute atomic E-state index is 5.87. The number of hydrogen-bond acceptors (Lipinski definition) is 3. The van der Waals surface area contributed by atoms with Gasteiger partial charge in [-0.3, -0.25) is 4.99 Å². The summed E-state index contributed by atoms with van der Waals surface area (Å²) in [5, 5.41) is 0.450. The Hall–Kier alpha value is -1.22. The number of ether oxygens (including phenoxy) is 2. The second kappa shape index (κ2) is 4.86. The maximum atomic E-state index is 5.87. The second-order valence-electron chi connectivity index (χ2n) is 2.58. The highest BCUT2D eigenvalue weighted by molar-refractivity contribution is 6.69. The molecule has 14 heavy (non-hydrogen) atoms. The van der Waals surface area contributed by atoms with Gasteiger partial charge < -0.3 is 9.47 Å². The zero-order chi connectivity index (χ0) is 10.6. The SMILES string of the molecule is C/N=C(\Cl)c1ccc(OC)c(OC)c1. The summed E-state index contributed by atoms with van der Waals surface area (Å²) in [5.74, 6) is 1.32. The first-order chi connectivity index (χ1) is 6.72. The zero-order valence-electron chi connectivity index (χ0n) is 8.37. The van der Waals surface area contributed by atoms with Crippen molar-refractivity contribution in [2.24, 2.45) is 4.99 Å². The molecular formula is C10H12ClNO2. The molecule has 0 saturated heterocycles. The summed E-state index contributed by atoms with van der Waals surface area (Å²) in [6.45, 7) is 0. The minimum atomic E-state index is 0.450. The fourth-order valence-electron chi connectivity index (χ4n) is 1.09. The Morgan fingerprint density at radius 3 is 2.36 bits per heavy atom. The van der Waals surface area contributed by atoms with Crippen LogP contribution in [0.2, 0.25) is 0 Å². The highest BCUT2D eigenvalue weighted by atomic mass is 35.5. The van der Waals surface area contributed by atoms with E-state index in [4.69, 9.17) is 21.1 Å². The van der Waals surface area contributed by atoms with Crippen LogP contribution >= 0.6 is 11.6 Å². The van der Waals surface area contributed by atoms with Gasteiger partial charge in [0.25, 0.3) is 0 Å². The lowest BCUT2D eigenvalue weighted by atomic mass is 10.2. The fourth-order valence-corrected chi connectivity index (χ4v) is 1.21. The number of methoxy groups -OCH3 is 2. The number of benzene rings is 1. The summed E-state index contributed by atoms with van der Waals surface area (Å²) in [6, 6.07) is 5.41. The molecule has 3 nitrogen and oxygen atoms in total. The number of rotatable bonds is 3. The molecule has 0 N–H and O–H groups in total. The molecule has 0 amide bonds.